The smallest absolute Gasteiger partial charge is 0.164 e. The van der Waals surface area contributed by atoms with E-state index in [-0.39, 0.29) is 0 Å². The standard InChI is InChI=1S/C15H21NO2/c1-17-14-4-2-3-12-5-6-13(18-15(12)14)11-7-9-16-10-8-11/h2-4,11,13,16H,5-10H2,1H3. The number of nitrogens with one attached hydrogen (secondary N) is 1. The molecule has 1 unspecified atom stereocenters. The highest BCUT2D eigenvalue weighted by Gasteiger charge is 2.30. The van der Waals surface area contributed by atoms with Gasteiger partial charge >= 0.3 is 0 Å². The predicted molar refractivity (Wildman–Crippen MR) is 71.3 cm³/mol. The van der Waals surface area contributed by atoms with Crippen molar-refractivity contribution in [3.8, 4) is 11.5 Å². The average Bonchev–Trinajstić information content (AvgIpc) is 2.47. The lowest BCUT2D eigenvalue weighted by Gasteiger charge is -2.35. The molecule has 2 aliphatic heterocycles. The lowest BCUT2D eigenvalue weighted by molar-refractivity contribution is 0.0882. The molecular weight excluding hydrogens is 226 g/mol. The summed E-state index contributed by atoms with van der Waals surface area (Å²) in [5.41, 5.74) is 1.29. The number of fused-ring (bicyclic) bond motifs is 1. The van der Waals surface area contributed by atoms with E-state index < -0.39 is 0 Å². The third-order valence-corrected chi connectivity index (χ3v) is 4.16. The van der Waals surface area contributed by atoms with Crippen LogP contribution >= 0.6 is 0 Å². The molecule has 3 nitrogen and oxygen atoms in total. The van der Waals surface area contributed by atoms with E-state index in [0.29, 0.717) is 12.0 Å². The van der Waals surface area contributed by atoms with Crippen LogP contribution in [-0.4, -0.2) is 26.3 Å². The first-order valence-electron chi connectivity index (χ1n) is 6.91. The van der Waals surface area contributed by atoms with Crippen molar-refractivity contribution in [2.45, 2.75) is 31.8 Å². The quantitative estimate of drug-likeness (QED) is 0.870. The second-order valence-electron chi connectivity index (χ2n) is 5.23. The predicted octanol–water partition coefficient (Wildman–Crippen LogP) is 2.39. The van der Waals surface area contributed by atoms with E-state index in [0.717, 1.165) is 37.4 Å². The van der Waals surface area contributed by atoms with Crippen LogP contribution in [0.15, 0.2) is 18.2 Å². The molecule has 0 amide bonds. The highest BCUT2D eigenvalue weighted by molar-refractivity contribution is 5.47. The zero-order valence-corrected chi connectivity index (χ0v) is 10.9. The van der Waals surface area contributed by atoms with Gasteiger partial charge in [-0.2, -0.15) is 0 Å². The third kappa shape index (κ3) is 2.19. The molecule has 18 heavy (non-hydrogen) atoms. The summed E-state index contributed by atoms with van der Waals surface area (Å²) in [5, 5.41) is 3.42. The van der Waals surface area contributed by atoms with Crippen molar-refractivity contribution in [1.82, 2.24) is 5.32 Å². The molecule has 1 N–H and O–H groups in total. The molecule has 1 saturated heterocycles. The second kappa shape index (κ2) is 5.19. The Bertz CT molecular complexity index is 399. The van der Waals surface area contributed by atoms with Crippen LogP contribution < -0.4 is 14.8 Å². The Labute approximate surface area is 108 Å². The van der Waals surface area contributed by atoms with E-state index >= 15 is 0 Å². The molecule has 0 bridgehead atoms. The van der Waals surface area contributed by atoms with E-state index in [4.69, 9.17) is 9.47 Å². The normalized spacial score (nSPS) is 24.2. The number of para-hydroxylation sites is 1. The van der Waals surface area contributed by atoms with Gasteiger partial charge in [-0.15, -0.1) is 0 Å². The third-order valence-electron chi connectivity index (χ3n) is 4.16. The molecule has 2 aliphatic rings. The monoisotopic (exact) mass is 247 g/mol. The summed E-state index contributed by atoms with van der Waals surface area (Å²) in [6, 6.07) is 6.19. The largest absolute Gasteiger partial charge is 0.493 e. The molecule has 1 aromatic rings. The van der Waals surface area contributed by atoms with Crippen molar-refractivity contribution in [2.24, 2.45) is 5.92 Å². The Balaban J connectivity index is 1.79. The first-order valence-corrected chi connectivity index (χ1v) is 6.91. The fraction of sp³-hybridized carbons (Fsp3) is 0.600. The summed E-state index contributed by atoms with van der Waals surface area (Å²) in [6.07, 6.45) is 5.09. The number of hydrogen-bond donors (Lipinski definition) is 1. The van der Waals surface area contributed by atoms with Crippen LogP contribution in [0.5, 0.6) is 11.5 Å². The SMILES string of the molecule is COc1cccc2c1OC(C1CCNCC1)CC2. The Kier molecular flexibility index (Phi) is 3.41. The van der Waals surface area contributed by atoms with Gasteiger partial charge in [-0.25, -0.2) is 0 Å². The lowest BCUT2D eigenvalue weighted by Crippen LogP contribution is -2.38. The summed E-state index contributed by atoms with van der Waals surface area (Å²) in [4.78, 5) is 0. The number of rotatable bonds is 2. The maximum absolute atomic E-state index is 6.24. The molecule has 0 saturated carbocycles. The van der Waals surface area contributed by atoms with E-state index in [1.54, 1.807) is 7.11 Å². The van der Waals surface area contributed by atoms with Gasteiger partial charge in [0.2, 0.25) is 0 Å². The maximum Gasteiger partial charge on any atom is 0.164 e. The molecule has 0 aliphatic carbocycles. The fourth-order valence-corrected chi connectivity index (χ4v) is 3.11. The fourth-order valence-electron chi connectivity index (χ4n) is 3.11. The van der Waals surface area contributed by atoms with Gasteiger partial charge < -0.3 is 14.8 Å². The van der Waals surface area contributed by atoms with Crippen molar-refractivity contribution < 1.29 is 9.47 Å². The number of piperidine rings is 1. The van der Waals surface area contributed by atoms with Gasteiger partial charge in [0.05, 0.1) is 7.11 Å². The molecule has 0 aromatic heterocycles. The topological polar surface area (TPSA) is 30.5 Å². The van der Waals surface area contributed by atoms with Crippen LogP contribution in [0.25, 0.3) is 0 Å². The van der Waals surface area contributed by atoms with Gasteiger partial charge in [-0.05, 0) is 56.3 Å². The summed E-state index contributed by atoms with van der Waals surface area (Å²) in [7, 11) is 1.72. The Morgan fingerprint density at radius 3 is 2.83 bits per heavy atom. The molecule has 3 heteroatoms. The minimum Gasteiger partial charge on any atom is -0.493 e. The minimum absolute atomic E-state index is 0.371. The van der Waals surface area contributed by atoms with Crippen LogP contribution in [0.2, 0.25) is 0 Å². The Morgan fingerprint density at radius 2 is 2.06 bits per heavy atom. The van der Waals surface area contributed by atoms with Crippen molar-refractivity contribution in [2.75, 3.05) is 20.2 Å². The zero-order chi connectivity index (χ0) is 12.4. The van der Waals surface area contributed by atoms with Crippen molar-refractivity contribution in [3.05, 3.63) is 23.8 Å². The highest BCUT2D eigenvalue weighted by Crippen LogP contribution is 2.39. The first-order chi connectivity index (χ1) is 8.88. The number of benzene rings is 1. The number of hydrogen-bond acceptors (Lipinski definition) is 3. The van der Waals surface area contributed by atoms with E-state index in [2.05, 4.69) is 11.4 Å². The molecular formula is C15H21NO2. The van der Waals surface area contributed by atoms with Crippen LogP contribution in [0.3, 0.4) is 0 Å². The molecule has 0 spiro atoms. The lowest BCUT2D eigenvalue weighted by atomic mass is 9.87. The summed E-state index contributed by atoms with van der Waals surface area (Å²) in [5.74, 6) is 2.56. The van der Waals surface area contributed by atoms with Crippen molar-refractivity contribution in [1.29, 1.82) is 0 Å². The Morgan fingerprint density at radius 1 is 1.22 bits per heavy atom. The van der Waals surface area contributed by atoms with Gasteiger partial charge in [0.15, 0.2) is 11.5 Å². The van der Waals surface area contributed by atoms with Crippen molar-refractivity contribution in [3.63, 3.8) is 0 Å². The van der Waals surface area contributed by atoms with E-state index in [1.807, 2.05) is 12.1 Å². The number of aryl methyl sites for hydroxylation is 1. The highest BCUT2D eigenvalue weighted by atomic mass is 16.5. The first kappa shape index (κ1) is 11.8. The van der Waals surface area contributed by atoms with Crippen molar-refractivity contribution >= 4 is 0 Å². The Hall–Kier alpha value is -1.22. The van der Waals surface area contributed by atoms with Crippen LogP contribution in [0.4, 0.5) is 0 Å². The molecule has 3 rings (SSSR count). The molecule has 2 heterocycles. The molecule has 1 atom stereocenters. The van der Waals surface area contributed by atoms with E-state index in [1.165, 1.54) is 18.4 Å². The van der Waals surface area contributed by atoms with Gasteiger partial charge in [0.1, 0.15) is 6.10 Å². The molecule has 1 aromatic carbocycles. The maximum atomic E-state index is 6.24. The van der Waals surface area contributed by atoms with Gasteiger partial charge in [0.25, 0.3) is 0 Å². The van der Waals surface area contributed by atoms with Gasteiger partial charge in [-0.3, -0.25) is 0 Å². The number of methoxy groups -OCH3 is 1. The molecule has 1 fully saturated rings. The molecule has 0 radical (unpaired) electrons. The van der Waals surface area contributed by atoms with Crippen LogP contribution in [0, 0.1) is 5.92 Å². The van der Waals surface area contributed by atoms with Crippen LogP contribution in [-0.2, 0) is 6.42 Å². The average molecular weight is 247 g/mol. The minimum atomic E-state index is 0.371. The summed E-state index contributed by atoms with van der Waals surface area (Å²) >= 11 is 0. The molecule has 98 valence electrons. The van der Waals surface area contributed by atoms with Crippen LogP contribution in [0.1, 0.15) is 24.8 Å². The summed E-state index contributed by atoms with van der Waals surface area (Å²) in [6.45, 7) is 2.26. The second-order valence-corrected chi connectivity index (χ2v) is 5.23. The van der Waals surface area contributed by atoms with Gasteiger partial charge in [0, 0.05) is 0 Å². The van der Waals surface area contributed by atoms with E-state index in [9.17, 15) is 0 Å². The number of ether oxygens (including phenoxy) is 2. The summed E-state index contributed by atoms with van der Waals surface area (Å²) < 4.78 is 11.7. The zero-order valence-electron chi connectivity index (χ0n) is 10.9. The van der Waals surface area contributed by atoms with Gasteiger partial charge in [-0.1, -0.05) is 12.1 Å².